The molecule has 0 N–H and O–H groups in total. The lowest BCUT2D eigenvalue weighted by Gasteiger charge is -2.22. The van der Waals surface area contributed by atoms with Gasteiger partial charge in [0.25, 0.3) is 0 Å². The normalized spacial score (nSPS) is 15.8. The molecule has 0 aromatic rings. The third-order valence-electron chi connectivity index (χ3n) is 2.29. The van der Waals surface area contributed by atoms with Crippen LogP contribution in [0.1, 0.15) is 20.8 Å². The van der Waals surface area contributed by atoms with Crippen molar-refractivity contribution in [2.45, 2.75) is 26.9 Å². The van der Waals surface area contributed by atoms with Crippen LogP contribution in [0.15, 0.2) is 0 Å². The molecule has 94 valence electrons. The zero-order valence-electron chi connectivity index (χ0n) is 10.3. The van der Waals surface area contributed by atoms with E-state index in [4.69, 9.17) is 10.00 Å². The lowest BCUT2D eigenvalue weighted by Crippen LogP contribution is -2.38. The van der Waals surface area contributed by atoms with Crippen molar-refractivity contribution in [3.05, 3.63) is 0 Å². The number of sulfonamides is 1. The Bertz CT molecular complexity index is 334. The molecule has 0 radical (unpaired) electrons. The Balaban J connectivity index is 4.63. The molecule has 16 heavy (non-hydrogen) atoms. The van der Waals surface area contributed by atoms with Gasteiger partial charge in [0, 0.05) is 20.2 Å². The van der Waals surface area contributed by atoms with Crippen molar-refractivity contribution in [2.75, 3.05) is 26.0 Å². The SMILES string of the molecule is CCN(CC(C)C#N)S(=O)(=O)CC(C)OC. The van der Waals surface area contributed by atoms with Crippen LogP contribution in [0, 0.1) is 17.2 Å². The van der Waals surface area contributed by atoms with Gasteiger partial charge in [-0.25, -0.2) is 12.7 Å². The fourth-order valence-electron chi connectivity index (χ4n) is 1.26. The van der Waals surface area contributed by atoms with Gasteiger partial charge < -0.3 is 4.74 Å². The molecule has 0 aromatic heterocycles. The van der Waals surface area contributed by atoms with E-state index in [9.17, 15) is 8.42 Å². The second kappa shape index (κ2) is 6.84. The standard InChI is InChI=1S/C10H20N2O3S/c1-5-12(7-9(2)6-11)16(13,14)8-10(3)15-4/h9-10H,5,7-8H2,1-4H3. The average Bonchev–Trinajstić information content (AvgIpc) is 2.24. The van der Waals surface area contributed by atoms with Crippen molar-refractivity contribution in [1.82, 2.24) is 4.31 Å². The summed E-state index contributed by atoms with van der Waals surface area (Å²) in [6.45, 7) is 5.80. The van der Waals surface area contributed by atoms with E-state index in [0.29, 0.717) is 6.54 Å². The Morgan fingerprint density at radius 3 is 2.38 bits per heavy atom. The van der Waals surface area contributed by atoms with Gasteiger partial charge in [-0.3, -0.25) is 0 Å². The van der Waals surface area contributed by atoms with Gasteiger partial charge in [0.05, 0.1) is 23.8 Å². The predicted molar refractivity (Wildman–Crippen MR) is 62.3 cm³/mol. The second-order valence-corrected chi connectivity index (χ2v) is 5.82. The molecule has 0 aliphatic rings. The summed E-state index contributed by atoms with van der Waals surface area (Å²) >= 11 is 0. The van der Waals surface area contributed by atoms with Crippen LogP contribution in [0.2, 0.25) is 0 Å². The minimum atomic E-state index is -3.33. The van der Waals surface area contributed by atoms with Crippen molar-refractivity contribution in [2.24, 2.45) is 5.92 Å². The van der Waals surface area contributed by atoms with Gasteiger partial charge >= 0.3 is 0 Å². The van der Waals surface area contributed by atoms with Crippen LogP contribution in [0.4, 0.5) is 0 Å². The smallest absolute Gasteiger partial charge is 0.216 e. The van der Waals surface area contributed by atoms with Gasteiger partial charge in [-0.15, -0.1) is 0 Å². The highest BCUT2D eigenvalue weighted by atomic mass is 32.2. The highest BCUT2D eigenvalue weighted by Gasteiger charge is 2.24. The zero-order valence-corrected chi connectivity index (χ0v) is 11.1. The summed E-state index contributed by atoms with van der Waals surface area (Å²) in [6.07, 6.45) is -0.337. The maximum atomic E-state index is 11.9. The minimum Gasteiger partial charge on any atom is -0.381 e. The predicted octanol–water partition coefficient (Wildman–Crippen LogP) is 0.833. The molecule has 2 unspecified atom stereocenters. The average molecular weight is 248 g/mol. The highest BCUT2D eigenvalue weighted by molar-refractivity contribution is 7.89. The van der Waals surface area contributed by atoms with Gasteiger partial charge in [-0.1, -0.05) is 6.92 Å². The molecule has 0 spiro atoms. The Kier molecular flexibility index (Phi) is 6.56. The van der Waals surface area contributed by atoms with Crippen molar-refractivity contribution in [3.63, 3.8) is 0 Å². The minimum absolute atomic E-state index is 0.0461. The number of nitrogens with zero attached hydrogens (tertiary/aromatic N) is 2. The maximum Gasteiger partial charge on any atom is 0.216 e. The van der Waals surface area contributed by atoms with Crippen molar-refractivity contribution in [1.29, 1.82) is 5.26 Å². The molecule has 0 fully saturated rings. The molecule has 2 atom stereocenters. The summed E-state index contributed by atoms with van der Waals surface area (Å²) in [6, 6.07) is 2.03. The van der Waals surface area contributed by atoms with E-state index in [1.807, 2.05) is 6.07 Å². The van der Waals surface area contributed by atoms with Gasteiger partial charge in [-0.05, 0) is 13.8 Å². The lowest BCUT2D eigenvalue weighted by molar-refractivity contribution is 0.135. The molecule has 5 nitrogen and oxygen atoms in total. The molecule has 0 amide bonds. The summed E-state index contributed by atoms with van der Waals surface area (Å²) in [4.78, 5) is 0. The molecular formula is C10H20N2O3S. The first-order valence-corrected chi connectivity index (χ1v) is 6.88. The maximum absolute atomic E-state index is 11.9. The van der Waals surface area contributed by atoms with E-state index in [1.165, 1.54) is 11.4 Å². The number of ether oxygens (including phenoxy) is 1. The van der Waals surface area contributed by atoms with E-state index in [2.05, 4.69) is 0 Å². The molecule has 0 saturated carbocycles. The number of hydrogen-bond acceptors (Lipinski definition) is 4. The Hall–Kier alpha value is -0.640. The van der Waals surface area contributed by atoms with Gasteiger partial charge in [0.2, 0.25) is 10.0 Å². The fraction of sp³-hybridized carbons (Fsp3) is 0.900. The number of hydrogen-bond donors (Lipinski definition) is 0. The molecule has 0 aliphatic heterocycles. The fourth-order valence-corrected chi connectivity index (χ4v) is 3.04. The van der Waals surface area contributed by atoms with Crippen LogP contribution in [0.25, 0.3) is 0 Å². The van der Waals surface area contributed by atoms with Crippen molar-refractivity contribution < 1.29 is 13.2 Å². The third-order valence-corrected chi connectivity index (χ3v) is 4.38. The quantitative estimate of drug-likeness (QED) is 0.669. The van der Waals surface area contributed by atoms with Gasteiger partial charge in [-0.2, -0.15) is 5.26 Å². The topological polar surface area (TPSA) is 70.4 Å². The molecule has 0 rings (SSSR count). The molecular weight excluding hydrogens is 228 g/mol. The van der Waals surface area contributed by atoms with E-state index in [1.54, 1.807) is 20.8 Å². The van der Waals surface area contributed by atoms with Crippen LogP contribution in [-0.2, 0) is 14.8 Å². The first-order chi connectivity index (χ1) is 7.37. The van der Waals surface area contributed by atoms with Crippen LogP contribution >= 0.6 is 0 Å². The molecule has 0 aliphatic carbocycles. The first-order valence-electron chi connectivity index (χ1n) is 5.27. The molecule has 0 saturated heterocycles. The van der Waals surface area contributed by atoms with E-state index >= 15 is 0 Å². The van der Waals surface area contributed by atoms with E-state index < -0.39 is 10.0 Å². The largest absolute Gasteiger partial charge is 0.381 e. The number of methoxy groups -OCH3 is 1. The first kappa shape index (κ1) is 15.4. The highest BCUT2D eigenvalue weighted by Crippen LogP contribution is 2.08. The Morgan fingerprint density at radius 1 is 1.44 bits per heavy atom. The monoisotopic (exact) mass is 248 g/mol. The Labute approximate surface area is 98.1 Å². The molecule has 0 heterocycles. The van der Waals surface area contributed by atoms with Crippen molar-refractivity contribution >= 4 is 10.0 Å². The van der Waals surface area contributed by atoms with E-state index in [-0.39, 0.29) is 24.3 Å². The summed E-state index contributed by atoms with van der Waals surface area (Å²) < 4.78 is 30.1. The summed E-state index contributed by atoms with van der Waals surface area (Å²) in [5, 5.41) is 8.68. The molecule has 0 aromatic carbocycles. The van der Waals surface area contributed by atoms with Crippen LogP contribution in [-0.4, -0.2) is 44.8 Å². The number of rotatable bonds is 7. The molecule has 0 bridgehead atoms. The lowest BCUT2D eigenvalue weighted by atomic mass is 10.2. The molecule has 6 heteroatoms. The van der Waals surface area contributed by atoms with Crippen molar-refractivity contribution in [3.8, 4) is 6.07 Å². The Morgan fingerprint density at radius 2 is 2.00 bits per heavy atom. The van der Waals surface area contributed by atoms with Crippen LogP contribution in [0.5, 0.6) is 0 Å². The second-order valence-electron chi connectivity index (χ2n) is 3.81. The summed E-state index contributed by atoms with van der Waals surface area (Å²) in [5.41, 5.74) is 0. The van der Waals surface area contributed by atoms with Crippen LogP contribution < -0.4 is 0 Å². The van der Waals surface area contributed by atoms with E-state index in [0.717, 1.165) is 0 Å². The van der Waals surface area contributed by atoms with Gasteiger partial charge in [0.1, 0.15) is 0 Å². The number of nitriles is 1. The van der Waals surface area contributed by atoms with Gasteiger partial charge in [0.15, 0.2) is 0 Å². The summed E-state index contributed by atoms with van der Waals surface area (Å²) in [5.74, 6) is -0.345. The summed E-state index contributed by atoms with van der Waals surface area (Å²) in [7, 11) is -1.85. The van der Waals surface area contributed by atoms with Crippen LogP contribution in [0.3, 0.4) is 0 Å². The zero-order chi connectivity index (χ0) is 12.8. The third kappa shape index (κ3) is 4.92.